The van der Waals surface area contributed by atoms with Gasteiger partial charge in [-0.15, -0.1) is 5.10 Å². The molecule has 110 valence electrons. The zero-order valence-corrected chi connectivity index (χ0v) is 11.7. The van der Waals surface area contributed by atoms with Crippen LogP contribution < -0.4 is 0 Å². The van der Waals surface area contributed by atoms with Crippen molar-refractivity contribution in [2.75, 3.05) is 32.8 Å². The van der Waals surface area contributed by atoms with Gasteiger partial charge in [0.2, 0.25) is 5.91 Å². The Balaban J connectivity index is 1.68. The van der Waals surface area contributed by atoms with Crippen molar-refractivity contribution >= 4 is 5.91 Å². The third-order valence-corrected chi connectivity index (χ3v) is 4.12. The van der Waals surface area contributed by atoms with E-state index < -0.39 is 0 Å². The molecule has 1 aromatic heterocycles. The van der Waals surface area contributed by atoms with Crippen molar-refractivity contribution in [3.05, 3.63) is 6.33 Å². The summed E-state index contributed by atoms with van der Waals surface area (Å²) in [5.41, 5.74) is 0. The maximum absolute atomic E-state index is 12.5. The van der Waals surface area contributed by atoms with Crippen LogP contribution in [0, 0.1) is 0 Å². The molecule has 20 heavy (non-hydrogen) atoms. The molecular formula is C12H20N6O2. The third-order valence-electron chi connectivity index (χ3n) is 4.12. The number of tetrazole rings is 1. The Bertz CT molecular complexity index is 451. The highest BCUT2D eigenvalue weighted by molar-refractivity contribution is 5.76. The van der Waals surface area contributed by atoms with Gasteiger partial charge in [0.15, 0.2) is 0 Å². The standard InChI is InChI=1S/C12H20N6O2/c1-2-16-4-3-11-10(7-16)18(5-6-20-11)12(19)8-17-9-13-14-15-17/h9-11H,2-8H2,1H3/t10-,11+/m0/s1. The van der Waals surface area contributed by atoms with Gasteiger partial charge in [0.1, 0.15) is 12.9 Å². The first-order chi connectivity index (χ1) is 9.78. The molecule has 0 radical (unpaired) electrons. The van der Waals surface area contributed by atoms with Gasteiger partial charge in [0, 0.05) is 19.6 Å². The third kappa shape index (κ3) is 2.66. The lowest BCUT2D eigenvalue weighted by Crippen LogP contribution is -2.61. The molecule has 2 aliphatic heterocycles. The highest BCUT2D eigenvalue weighted by atomic mass is 16.5. The molecule has 2 atom stereocenters. The summed E-state index contributed by atoms with van der Waals surface area (Å²) >= 11 is 0. The fourth-order valence-electron chi connectivity index (χ4n) is 3.02. The number of rotatable bonds is 3. The molecule has 3 rings (SSSR count). The lowest BCUT2D eigenvalue weighted by Gasteiger charge is -2.46. The average molecular weight is 280 g/mol. The zero-order valence-electron chi connectivity index (χ0n) is 11.7. The van der Waals surface area contributed by atoms with Gasteiger partial charge in [-0.25, -0.2) is 4.68 Å². The number of morpholine rings is 1. The van der Waals surface area contributed by atoms with Gasteiger partial charge in [0.05, 0.1) is 18.8 Å². The lowest BCUT2D eigenvalue weighted by molar-refractivity contribution is -0.153. The van der Waals surface area contributed by atoms with E-state index in [0.717, 1.165) is 26.1 Å². The van der Waals surface area contributed by atoms with Crippen molar-refractivity contribution in [2.45, 2.75) is 32.0 Å². The minimum absolute atomic E-state index is 0.0635. The Labute approximate surface area is 117 Å². The SMILES string of the molecule is CCN1CC[C@H]2OCCN(C(=O)Cn3cnnn3)[C@H]2C1. The second-order valence-electron chi connectivity index (χ2n) is 5.25. The van der Waals surface area contributed by atoms with E-state index in [-0.39, 0.29) is 24.6 Å². The Hall–Kier alpha value is -1.54. The van der Waals surface area contributed by atoms with E-state index in [1.807, 2.05) is 4.90 Å². The largest absolute Gasteiger partial charge is 0.374 e. The number of likely N-dealkylation sites (tertiary alicyclic amines) is 1. The molecule has 8 nitrogen and oxygen atoms in total. The summed E-state index contributed by atoms with van der Waals surface area (Å²) in [6, 6.07) is 0.154. The second kappa shape index (κ2) is 5.84. The van der Waals surface area contributed by atoms with E-state index in [0.29, 0.717) is 13.2 Å². The first-order valence-corrected chi connectivity index (χ1v) is 7.12. The van der Waals surface area contributed by atoms with Crippen LogP contribution in [0.15, 0.2) is 6.33 Å². The van der Waals surface area contributed by atoms with E-state index in [2.05, 4.69) is 27.3 Å². The molecule has 2 saturated heterocycles. The van der Waals surface area contributed by atoms with Crippen molar-refractivity contribution < 1.29 is 9.53 Å². The zero-order chi connectivity index (χ0) is 13.9. The van der Waals surface area contributed by atoms with Gasteiger partial charge in [0.25, 0.3) is 0 Å². The molecule has 8 heteroatoms. The summed E-state index contributed by atoms with van der Waals surface area (Å²) in [6.45, 7) is 6.57. The number of fused-ring (bicyclic) bond motifs is 1. The first kappa shape index (κ1) is 13.4. The summed E-state index contributed by atoms with van der Waals surface area (Å²) in [4.78, 5) is 16.8. The fraction of sp³-hybridized carbons (Fsp3) is 0.833. The number of piperidine rings is 1. The Morgan fingerprint density at radius 1 is 1.45 bits per heavy atom. The number of carbonyl (C=O) groups is 1. The topological polar surface area (TPSA) is 76.4 Å². The summed E-state index contributed by atoms with van der Waals surface area (Å²) < 4.78 is 7.29. The van der Waals surface area contributed by atoms with E-state index in [1.54, 1.807) is 0 Å². The van der Waals surface area contributed by atoms with Gasteiger partial charge in [-0.1, -0.05) is 6.92 Å². The predicted octanol–water partition coefficient (Wildman–Crippen LogP) is -1.01. The molecule has 0 aliphatic carbocycles. The number of likely N-dealkylation sites (N-methyl/N-ethyl adjacent to an activating group) is 1. The molecule has 0 bridgehead atoms. The molecule has 1 amide bonds. The minimum atomic E-state index is 0.0635. The maximum Gasteiger partial charge on any atom is 0.244 e. The van der Waals surface area contributed by atoms with E-state index in [1.165, 1.54) is 11.0 Å². The van der Waals surface area contributed by atoms with Crippen LogP contribution in [-0.4, -0.2) is 80.8 Å². The summed E-state index contributed by atoms with van der Waals surface area (Å²) in [5, 5.41) is 10.9. The van der Waals surface area contributed by atoms with E-state index in [9.17, 15) is 4.79 Å². The van der Waals surface area contributed by atoms with Crippen LogP contribution in [0.5, 0.6) is 0 Å². The number of nitrogens with zero attached hydrogens (tertiary/aromatic N) is 6. The van der Waals surface area contributed by atoms with Crippen LogP contribution in [0.2, 0.25) is 0 Å². The van der Waals surface area contributed by atoms with E-state index in [4.69, 9.17) is 4.74 Å². The summed E-state index contributed by atoms with van der Waals surface area (Å²) in [7, 11) is 0. The Kier molecular flexibility index (Phi) is 3.93. The number of ether oxygens (including phenoxy) is 1. The molecule has 0 unspecified atom stereocenters. The highest BCUT2D eigenvalue weighted by Gasteiger charge is 2.38. The Morgan fingerprint density at radius 3 is 3.10 bits per heavy atom. The molecule has 0 saturated carbocycles. The molecular weight excluding hydrogens is 260 g/mol. The number of amides is 1. The fourth-order valence-corrected chi connectivity index (χ4v) is 3.02. The number of carbonyl (C=O) groups excluding carboxylic acids is 1. The van der Waals surface area contributed by atoms with Gasteiger partial charge in [-0.05, 0) is 23.4 Å². The predicted molar refractivity (Wildman–Crippen MR) is 69.8 cm³/mol. The Morgan fingerprint density at radius 2 is 2.35 bits per heavy atom. The van der Waals surface area contributed by atoms with Gasteiger partial charge >= 0.3 is 0 Å². The van der Waals surface area contributed by atoms with Gasteiger partial charge < -0.3 is 14.5 Å². The normalized spacial score (nSPS) is 27.4. The molecule has 2 aliphatic rings. The van der Waals surface area contributed by atoms with E-state index >= 15 is 0 Å². The monoisotopic (exact) mass is 280 g/mol. The van der Waals surface area contributed by atoms with Crippen LogP contribution in [0.25, 0.3) is 0 Å². The molecule has 1 aromatic rings. The van der Waals surface area contributed by atoms with Crippen molar-refractivity contribution in [1.29, 1.82) is 0 Å². The smallest absolute Gasteiger partial charge is 0.244 e. The molecule has 0 aromatic carbocycles. The molecule has 0 N–H and O–H groups in total. The van der Waals surface area contributed by atoms with Crippen molar-refractivity contribution in [3.8, 4) is 0 Å². The van der Waals surface area contributed by atoms with Crippen LogP contribution in [0.1, 0.15) is 13.3 Å². The average Bonchev–Trinajstić information content (AvgIpc) is 2.98. The van der Waals surface area contributed by atoms with Gasteiger partial charge in [-0.3, -0.25) is 4.79 Å². The second-order valence-corrected chi connectivity index (χ2v) is 5.25. The first-order valence-electron chi connectivity index (χ1n) is 7.12. The van der Waals surface area contributed by atoms with Crippen molar-refractivity contribution in [2.24, 2.45) is 0 Å². The lowest BCUT2D eigenvalue weighted by atomic mass is 9.98. The number of hydrogen-bond acceptors (Lipinski definition) is 6. The maximum atomic E-state index is 12.5. The van der Waals surface area contributed by atoms with Crippen molar-refractivity contribution in [3.63, 3.8) is 0 Å². The van der Waals surface area contributed by atoms with Crippen LogP contribution in [0.4, 0.5) is 0 Å². The quantitative estimate of drug-likeness (QED) is 0.706. The number of hydrogen-bond donors (Lipinski definition) is 0. The molecule has 2 fully saturated rings. The summed E-state index contributed by atoms with van der Waals surface area (Å²) in [5.74, 6) is 0.0635. The van der Waals surface area contributed by atoms with Gasteiger partial charge in [-0.2, -0.15) is 0 Å². The molecule has 3 heterocycles. The number of aromatic nitrogens is 4. The summed E-state index contributed by atoms with van der Waals surface area (Å²) in [6.07, 6.45) is 2.63. The molecule has 0 spiro atoms. The minimum Gasteiger partial charge on any atom is -0.374 e. The highest BCUT2D eigenvalue weighted by Crippen LogP contribution is 2.23. The van der Waals surface area contributed by atoms with Crippen LogP contribution in [0.3, 0.4) is 0 Å². The van der Waals surface area contributed by atoms with Crippen LogP contribution in [-0.2, 0) is 16.1 Å². The van der Waals surface area contributed by atoms with Crippen molar-refractivity contribution in [1.82, 2.24) is 30.0 Å². The van der Waals surface area contributed by atoms with Crippen LogP contribution >= 0.6 is 0 Å².